The highest BCUT2D eigenvalue weighted by Gasteiger charge is 2.39. The number of carboxylic acids is 1. The van der Waals surface area contributed by atoms with E-state index < -0.39 is 32.9 Å². The molecule has 0 fully saturated rings. The Morgan fingerprint density at radius 1 is 1.43 bits per heavy atom. The molecule has 8 heteroatoms. The minimum absolute atomic E-state index is 0.0460. The van der Waals surface area contributed by atoms with E-state index >= 15 is 0 Å². The molecule has 1 aromatic carbocycles. The molecule has 0 atom stereocenters. The maximum Gasteiger partial charge on any atom is 0.324 e. The van der Waals surface area contributed by atoms with E-state index in [0.29, 0.717) is 0 Å². The van der Waals surface area contributed by atoms with E-state index in [1.165, 1.54) is 6.07 Å². The van der Waals surface area contributed by atoms with Gasteiger partial charge in [-0.3, -0.25) is 4.79 Å². The van der Waals surface area contributed by atoms with Gasteiger partial charge in [-0.05, 0) is 31.0 Å². The van der Waals surface area contributed by atoms with Crippen molar-refractivity contribution in [3.8, 4) is 6.07 Å². The summed E-state index contributed by atoms with van der Waals surface area (Å²) in [5.41, 5.74) is -2.06. The molecule has 0 heterocycles. The third-order valence-corrected chi connectivity index (χ3v) is 4.85. The normalized spacial score (nSPS) is 11.9. The van der Waals surface area contributed by atoms with Crippen molar-refractivity contribution < 1.29 is 22.7 Å². The number of hydrogen-bond acceptors (Lipinski definition) is 4. The molecular formula is C13H15FN2O4S. The molecule has 0 aliphatic heterocycles. The van der Waals surface area contributed by atoms with E-state index in [1.807, 2.05) is 0 Å². The number of nitrogens with zero attached hydrogens (tertiary/aromatic N) is 1. The van der Waals surface area contributed by atoms with Gasteiger partial charge in [0, 0.05) is 0 Å². The van der Waals surface area contributed by atoms with Crippen LogP contribution in [0.3, 0.4) is 0 Å². The average molecular weight is 314 g/mol. The molecule has 2 N–H and O–H groups in total. The Morgan fingerprint density at radius 2 is 2.00 bits per heavy atom. The van der Waals surface area contributed by atoms with Gasteiger partial charge in [0.25, 0.3) is 0 Å². The summed E-state index contributed by atoms with van der Waals surface area (Å²) in [5, 5.41) is 18.0. The summed E-state index contributed by atoms with van der Waals surface area (Å²) >= 11 is 0. The summed E-state index contributed by atoms with van der Waals surface area (Å²) in [7, 11) is -4.19. The lowest BCUT2D eigenvalue weighted by Crippen LogP contribution is -2.53. The number of benzene rings is 1. The van der Waals surface area contributed by atoms with E-state index in [9.17, 15) is 22.7 Å². The summed E-state index contributed by atoms with van der Waals surface area (Å²) in [6.45, 7) is 3.09. The molecule has 0 aromatic heterocycles. The lowest BCUT2D eigenvalue weighted by Gasteiger charge is -2.27. The second-order valence-corrected chi connectivity index (χ2v) is 6.14. The zero-order valence-corrected chi connectivity index (χ0v) is 12.4. The fourth-order valence-electron chi connectivity index (χ4n) is 1.81. The Kier molecular flexibility index (Phi) is 5.04. The fourth-order valence-corrected chi connectivity index (χ4v) is 3.34. The predicted octanol–water partition coefficient (Wildman–Crippen LogP) is 1.62. The molecule has 1 rings (SSSR count). The number of halogens is 1. The Balaban J connectivity index is 3.30. The molecule has 1 aromatic rings. The minimum atomic E-state index is -4.19. The van der Waals surface area contributed by atoms with Crippen molar-refractivity contribution >= 4 is 16.0 Å². The van der Waals surface area contributed by atoms with Crippen molar-refractivity contribution in [2.75, 3.05) is 0 Å². The molecule has 0 amide bonds. The van der Waals surface area contributed by atoms with Gasteiger partial charge >= 0.3 is 5.97 Å². The second-order valence-electron chi connectivity index (χ2n) is 4.45. The molecule has 0 unspecified atom stereocenters. The van der Waals surface area contributed by atoms with Crippen LogP contribution >= 0.6 is 0 Å². The summed E-state index contributed by atoms with van der Waals surface area (Å²) in [5.74, 6) is -2.13. The van der Waals surface area contributed by atoms with Crippen LogP contribution in [-0.4, -0.2) is 25.0 Å². The molecule has 0 bridgehead atoms. The minimum Gasteiger partial charge on any atom is -0.480 e. The van der Waals surface area contributed by atoms with Gasteiger partial charge in [0.15, 0.2) is 0 Å². The highest BCUT2D eigenvalue weighted by molar-refractivity contribution is 7.89. The van der Waals surface area contributed by atoms with Gasteiger partial charge in [-0.15, -0.1) is 0 Å². The first-order chi connectivity index (χ1) is 9.72. The van der Waals surface area contributed by atoms with Crippen molar-refractivity contribution in [2.24, 2.45) is 0 Å². The highest BCUT2D eigenvalue weighted by atomic mass is 32.2. The number of carbonyl (C=O) groups is 1. The predicted molar refractivity (Wildman–Crippen MR) is 72.4 cm³/mol. The van der Waals surface area contributed by atoms with Gasteiger partial charge in [-0.25, -0.2) is 12.8 Å². The van der Waals surface area contributed by atoms with Gasteiger partial charge in [0.05, 0.1) is 10.5 Å². The first kappa shape index (κ1) is 17.1. The van der Waals surface area contributed by atoms with Crippen molar-refractivity contribution in [3.05, 3.63) is 29.6 Å². The molecule has 0 saturated carbocycles. The molecule has 0 aliphatic rings. The van der Waals surface area contributed by atoms with E-state index in [0.717, 1.165) is 18.2 Å². The SMILES string of the molecule is CCC(CC)(NS(=O)(=O)c1ccc(F)c(C#N)c1)C(=O)O. The molecule has 0 saturated heterocycles. The van der Waals surface area contributed by atoms with Crippen LogP contribution in [0.4, 0.5) is 4.39 Å². The maximum absolute atomic E-state index is 13.2. The maximum atomic E-state index is 13.2. The summed E-state index contributed by atoms with van der Waals surface area (Å²) in [6, 6.07) is 4.25. The molecule has 6 nitrogen and oxygen atoms in total. The zero-order chi connectivity index (χ0) is 16.3. The van der Waals surface area contributed by atoms with Gasteiger partial charge in [0.2, 0.25) is 10.0 Å². The smallest absolute Gasteiger partial charge is 0.324 e. The van der Waals surface area contributed by atoms with Crippen molar-refractivity contribution in [2.45, 2.75) is 37.1 Å². The Labute approximate surface area is 122 Å². The summed E-state index contributed by atoms with van der Waals surface area (Å²) in [6.07, 6.45) is 0.0920. The lowest BCUT2D eigenvalue weighted by atomic mass is 9.95. The van der Waals surface area contributed by atoms with Crippen LogP contribution in [0.1, 0.15) is 32.3 Å². The van der Waals surface area contributed by atoms with Gasteiger partial charge < -0.3 is 5.11 Å². The first-order valence-corrected chi connectivity index (χ1v) is 7.67. The number of rotatable bonds is 6. The van der Waals surface area contributed by atoms with E-state index in [-0.39, 0.29) is 17.7 Å². The quantitative estimate of drug-likeness (QED) is 0.829. The third-order valence-electron chi connectivity index (χ3n) is 3.31. The largest absolute Gasteiger partial charge is 0.480 e. The van der Waals surface area contributed by atoms with Crippen LogP contribution in [0.2, 0.25) is 0 Å². The van der Waals surface area contributed by atoms with Crippen molar-refractivity contribution in [3.63, 3.8) is 0 Å². The number of carboxylic acid groups (broad SMARTS) is 1. The number of aliphatic carboxylic acids is 1. The van der Waals surface area contributed by atoms with Crippen LogP contribution in [0, 0.1) is 17.1 Å². The molecule has 21 heavy (non-hydrogen) atoms. The fraction of sp³-hybridized carbons (Fsp3) is 0.385. The number of hydrogen-bond donors (Lipinski definition) is 2. The van der Waals surface area contributed by atoms with Crippen LogP contribution in [-0.2, 0) is 14.8 Å². The summed E-state index contributed by atoms with van der Waals surface area (Å²) in [4.78, 5) is 11.0. The van der Waals surface area contributed by atoms with Crippen molar-refractivity contribution in [1.29, 1.82) is 5.26 Å². The first-order valence-electron chi connectivity index (χ1n) is 6.19. The van der Waals surface area contributed by atoms with Gasteiger partial charge in [-0.1, -0.05) is 13.8 Å². The lowest BCUT2D eigenvalue weighted by molar-refractivity contribution is -0.144. The topological polar surface area (TPSA) is 107 Å². The average Bonchev–Trinajstić information content (AvgIpc) is 2.44. The van der Waals surface area contributed by atoms with Crippen LogP contribution in [0.15, 0.2) is 23.1 Å². The zero-order valence-electron chi connectivity index (χ0n) is 11.6. The van der Waals surface area contributed by atoms with Gasteiger partial charge in [0.1, 0.15) is 17.4 Å². The number of sulfonamides is 1. The van der Waals surface area contributed by atoms with E-state index in [1.54, 1.807) is 13.8 Å². The monoisotopic (exact) mass is 314 g/mol. The van der Waals surface area contributed by atoms with Crippen LogP contribution in [0.25, 0.3) is 0 Å². The Hall–Kier alpha value is -1.98. The Morgan fingerprint density at radius 3 is 2.43 bits per heavy atom. The highest BCUT2D eigenvalue weighted by Crippen LogP contribution is 2.21. The van der Waals surface area contributed by atoms with Crippen molar-refractivity contribution in [1.82, 2.24) is 4.72 Å². The molecule has 0 radical (unpaired) electrons. The number of nitrogens with one attached hydrogen (secondary N) is 1. The number of nitriles is 1. The Bertz CT molecular complexity index is 691. The second kappa shape index (κ2) is 6.20. The van der Waals surface area contributed by atoms with Crippen LogP contribution in [0.5, 0.6) is 0 Å². The molecule has 0 aliphatic carbocycles. The van der Waals surface area contributed by atoms with E-state index in [2.05, 4.69) is 4.72 Å². The standard InChI is InChI=1S/C13H15FN2O4S/c1-3-13(4-2,12(17)18)16-21(19,20)10-5-6-11(14)9(7-10)8-15/h5-7,16H,3-4H2,1-2H3,(H,17,18). The third kappa shape index (κ3) is 3.37. The molecular weight excluding hydrogens is 299 g/mol. The van der Waals surface area contributed by atoms with Gasteiger partial charge in [-0.2, -0.15) is 9.98 Å². The van der Waals surface area contributed by atoms with E-state index in [4.69, 9.17) is 5.26 Å². The summed E-state index contributed by atoms with van der Waals surface area (Å²) < 4.78 is 39.8. The van der Waals surface area contributed by atoms with Crippen LogP contribution < -0.4 is 4.72 Å². The molecule has 0 spiro atoms. The molecule has 114 valence electrons.